The Morgan fingerprint density at radius 1 is 1.11 bits per heavy atom. The zero-order valence-corrected chi connectivity index (χ0v) is 12.7. The van der Waals surface area contributed by atoms with Gasteiger partial charge in [0, 0.05) is 0 Å². The minimum Gasteiger partial charge on any atom is -0.330 e. The van der Waals surface area contributed by atoms with Crippen molar-refractivity contribution < 1.29 is 0 Å². The molecule has 0 aliphatic carbocycles. The lowest BCUT2D eigenvalue weighted by Crippen LogP contribution is -2.12. The van der Waals surface area contributed by atoms with E-state index in [1.807, 2.05) is 0 Å². The molecule has 0 bridgehead atoms. The van der Waals surface area contributed by atoms with Crippen molar-refractivity contribution in [2.45, 2.75) is 59.8 Å². The maximum Gasteiger partial charge on any atom is -0.00365 e. The molecule has 0 amide bonds. The van der Waals surface area contributed by atoms with E-state index < -0.39 is 0 Å². The van der Waals surface area contributed by atoms with Gasteiger partial charge in [-0.1, -0.05) is 52.8 Å². The Balaban J connectivity index is 2.99. The van der Waals surface area contributed by atoms with E-state index >= 15 is 0 Å². The highest BCUT2D eigenvalue weighted by molar-refractivity contribution is 5.37. The third kappa shape index (κ3) is 4.45. The molecule has 1 aromatic rings. The van der Waals surface area contributed by atoms with Crippen molar-refractivity contribution in [3.8, 4) is 0 Å². The number of hydrogen-bond acceptors (Lipinski definition) is 1. The zero-order chi connectivity index (χ0) is 13.8. The molecule has 0 saturated heterocycles. The van der Waals surface area contributed by atoms with Gasteiger partial charge in [-0.3, -0.25) is 0 Å². The Kier molecular flexibility index (Phi) is 5.40. The normalized spacial score (nSPS) is 12.2. The lowest BCUT2D eigenvalue weighted by atomic mass is 9.84. The van der Waals surface area contributed by atoms with Crippen LogP contribution in [0, 0.1) is 5.41 Å². The van der Waals surface area contributed by atoms with Crippen LogP contribution in [0.5, 0.6) is 0 Å². The molecular weight excluding hydrogens is 218 g/mol. The van der Waals surface area contributed by atoms with E-state index in [0.29, 0.717) is 11.3 Å². The third-order valence-electron chi connectivity index (χ3n) is 3.47. The van der Waals surface area contributed by atoms with E-state index in [0.717, 1.165) is 13.0 Å². The van der Waals surface area contributed by atoms with Crippen LogP contribution in [0.4, 0.5) is 0 Å². The second-order valence-corrected chi connectivity index (χ2v) is 6.74. The van der Waals surface area contributed by atoms with Crippen LogP contribution in [-0.4, -0.2) is 6.54 Å². The van der Waals surface area contributed by atoms with E-state index in [1.165, 1.54) is 29.5 Å². The first-order valence-corrected chi connectivity index (χ1v) is 7.16. The van der Waals surface area contributed by atoms with Gasteiger partial charge >= 0.3 is 0 Å². The maximum absolute atomic E-state index is 5.78. The third-order valence-corrected chi connectivity index (χ3v) is 3.47. The van der Waals surface area contributed by atoms with Gasteiger partial charge in [0.2, 0.25) is 0 Å². The Morgan fingerprint density at radius 3 is 2.28 bits per heavy atom. The molecule has 1 nitrogen and oxygen atoms in total. The molecule has 1 rings (SSSR count). The summed E-state index contributed by atoms with van der Waals surface area (Å²) in [5.74, 6) is 0.584. The molecule has 2 N–H and O–H groups in total. The Bertz CT molecular complexity index is 372. The van der Waals surface area contributed by atoms with Gasteiger partial charge in [-0.25, -0.2) is 0 Å². The van der Waals surface area contributed by atoms with Gasteiger partial charge in [0.1, 0.15) is 0 Å². The number of nitrogens with two attached hydrogens (primary N) is 1. The summed E-state index contributed by atoms with van der Waals surface area (Å²) in [5.41, 5.74) is 10.7. The van der Waals surface area contributed by atoms with Crippen LogP contribution in [0.15, 0.2) is 18.2 Å². The SMILES string of the molecule is CC(C)c1cccc(CCC(C)(C)C)c1CCN. The van der Waals surface area contributed by atoms with Crippen LogP contribution in [0.3, 0.4) is 0 Å². The van der Waals surface area contributed by atoms with Crippen LogP contribution in [0.1, 0.15) is 63.6 Å². The van der Waals surface area contributed by atoms with Gasteiger partial charge in [0.25, 0.3) is 0 Å². The molecule has 0 unspecified atom stereocenters. The van der Waals surface area contributed by atoms with Crippen LogP contribution in [0.25, 0.3) is 0 Å². The molecule has 0 radical (unpaired) electrons. The topological polar surface area (TPSA) is 26.0 Å². The van der Waals surface area contributed by atoms with E-state index in [-0.39, 0.29) is 0 Å². The second-order valence-electron chi connectivity index (χ2n) is 6.74. The first kappa shape index (κ1) is 15.2. The Labute approximate surface area is 113 Å². The number of rotatable bonds is 5. The van der Waals surface area contributed by atoms with Crippen molar-refractivity contribution >= 4 is 0 Å². The lowest BCUT2D eigenvalue weighted by Gasteiger charge is -2.21. The summed E-state index contributed by atoms with van der Waals surface area (Å²) in [6, 6.07) is 6.74. The molecule has 0 aliphatic heterocycles. The van der Waals surface area contributed by atoms with Crippen molar-refractivity contribution in [2.24, 2.45) is 11.1 Å². The highest BCUT2D eigenvalue weighted by Gasteiger charge is 2.14. The monoisotopic (exact) mass is 247 g/mol. The molecule has 0 aromatic heterocycles. The van der Waals surface area contributed by atoms with Crippen LogP contribution >= 0.6 is 0 Å². The zero-order valence-electron chi connectivity index (χ0n) is 12.7. The van der Waals surface area contributed by atoms with E-state index in [1.54, 1.807) is 0 Å². The minimum atomic E-state index is 0.397. The molecule has 102 valence electrons. The fourth-order valence-electron chi connectivity index (χ4n) is 2.39. The van der Waals surface area contributed by atoms with Gasteiger partial charge in [-0.05, 0) is 53.8 Å². The highest BCUT2D eigenvalue weighted by atomic mass is 14.5. The average molecular weight is 247 g/mol. The van der Waals surface area contributed by atoms with Crippen LogP contribution in [-0.2, 0) is 12.8 Å². The minimum absolute atomic E-state index is 0.397. The molecule has 18 heavy (non-hydrogen) atoms. The summed E-state index contributed by atoms with van der Waals surface area (Å²) >= 11 is 0. The molecule has 1 heteroatoms. The molecular formula is C17H29N. The van der Waals surface area contributed by atoms with E-state index in [9.17, 15) is 0 Å². The summed E-state index contributed by atoms with van der Waals surface area (Å²) in [4.78, 5) is 0. The Morgan fingerprint density at radius 2 is 1.78 bits per heavy atom. The second kappa shape index (κ2) is 6.38. The predicted octanol–water partition coefficient (Wildman–Crippen LogP) is 4.29. The predicted molar refractivity (Wildman–Crippen MR) is 81.1 cm³/mol. The largest absolute Gasteiger partial charge is 0.330 e. The Hall–Kier alpha value is -0.820. The van der Waals surface area contributed by atoms with Crippen molar-refractivity contribution in [3.05, 3.63) is 34.9 Å². The lowest BCUT2D eigenvalue weighted by molar-refractivity contribution is 0.377. The first-order chi connectivity index (χ1) is 8.35. The van der Waals surface area contributed by atoms with Gasteiger partial charge in [0.05, 0.1) is 0 Å². The molecule has 0 aliphatic rings. The van der Waals surface area contributed by atoms with E-state index in [2.05, 4.69) is 52.8 Å². The maximum atomic E-state index is 5.78. The molecule has 0 saturated carbocycles. The van der Waals surface area contributed by atoms with Gasteiger partial charge < -0.3 is 5.73 Å². The van der Waals surface area contributed by atoms with Crippen molar-refractivity contribution in [1.29, 1.82) is 0 Å². The van der Waals surface area contributed by atoms with Gasteiger partial charge in [-0.15, -0.1) is 0 Å². The average Bonchev–Trinajstić information content (AvgIpc) is 2.26. The molecule has 0 atom stereocenters. The van der Waals surface area contributed by atoms with Crippen LogP contribution in [0.2, 0.25) is 0 Å². The van der Waals surface area contributed by atoms with Gasteiger partial charge in [0.15, 0.2) is 0 Å². The summed E-state index contributed by atoms with van der Waals surface area (Å²) < 4.78 is 0. The summed E-state index contributed by atoms with van der Waals surface area (Å²) in [6.45, 7) is 12.2. The van der Waals surface area contributed by atoms with Crippen molar-refractivity contribution in [3.63, 3.8) is 0 Å². The van der Waals surface area contributed by atoms with Crippen molar-refractivity contribution in [1.82, 2.24) is 0 Å². The fraction of sp³-hybridized carbons (Fsp3) is 0.647. The molecule has 0 fully saturated rings. The van der Waals surface area contributed by atoms with E-state index in [4.69, 9.17) is 5.73 Å². The molecule has 0 heterocycles. The number of hydrogen-bond donors (Lipinski definition) is 1. The summed E-state index contributed by atoms with van der Waals surface area (Å²) in [5, 5.41) is 0. The summed E-state index contributed by atoms with van der Waals surface area (Å²) in [7, 11) is 0. The summed E-state index contributed by atoms with van der Waals surface area (Å²) in [6.07, 6.45) is 3.40. The fourth-order valence-corrected chi connectivity index (χ4v) is 2.39. The standard InChI is InChI=1S/C17H29N/c1-13(2)15-8-6-7-14(16(15)10-12-18)9-11-17(3,4)5/h6-8,13H,9-12,18H2,1-5H3. The van der Waals surface area contributed by atoms with Crippen molar-refractivity contribution in [2.75, 3.05) is 6.54 Å². The molecule has 0 spiro atoms. The van der Waals surface area contributed by atoms with Gasteiger partial charge in [-0.2, -0.15) is 0 Å². The smallest absolute Gasteiger partial charge is 0.00365 e. The van der Waals surface area contributed by atoms with Crippen LogP contribution < -0.4 is 5.73 Å². The molecule has 1 aromatic carbocycles. The number of benzene rings is 1. The highest BCUT2D eigenvalue weighted by Crippen LogP contribution is 2.27. The first-order valence-electron chi connectivity index (χ1n) is 7.16. The number of aryl methyl sites for hydroxylation is 1. The quantitative estimate of drug-likeness (QED) is 0.825.